The SMILES string of the molecule is O=C(ON1C(=O)CCC1=O)c1ccc(Cl)c(I)c1. The highest BCUT2D eigenvalue weighted by Gasteiger charge is 2.33. The van der Waals surface area contributed by atoms with Gasteiger partial charge in [0.25, 0.3) is 11.8 Å². The van der Waals surface area contributed by atoms with E-state index in [-0.39, 0.29) is 18.4 Å². The quantitative estimate of drug-likeness (QED) is 0.584. The van der Waals surface area contributed by atoms with Crippen LogP contribution in [0.3, 0.4) is 0 Å². The Morgan fingerprint density at radius 2 is 1.89 bits per heavy atom. The van der Waals surface area contributed by atoms with Gasteiger partial charge in [0.15, 0.2) is 0 Å². The lowest BCUT2D eigenvalue weighted by Crippen LogP contribution is -2.32. The first kappa shape index (κ1) is 13.3. The Bertz CT molecular complexity index is 530. The number of hydrogen-bond donors (Lipinski definition) is 0. The highest BCUT2D eigenvalue weighted by molar-refractivity contribution is 14.1. The fourth-order valence-corrected chi connectivity index (χ4v) is 2.05. The van der Waals surface area contributed by atoms with Crippen LogP contribution in [0, 0.1) is 3.57 Å². The summed E-state index contributed by atoms with van der Waals surface area (Å²) in [6.07, 6.45) is 0.147. The van der Waals surface area contributed by atoms with Crippen molar-refractivity contribution in [1.82, 2.24) is 5.06 Å². The summed E-state index contributed by atoms with van der Waals surface area (Å²) in [5.41, 5.74) is 0.233. The molecule has 1 aromatic rings. The molecule has 0 N–H and O–H groups in total. The largest absolute Gasteiger partial charge is 0.363 e. The molecule has 5 nitrogen and oxygen atoms in total. The lowest BCUT2D eigenvalue weighted by Gasteiger charge is -2.12. The third-order valence-corrected chi connectivity index (χ3v) is 3.88. The number of hydroxylamine groups is 2. The number of hydrogen-bond acceptors (Lipinski definition) is 4. The van der Waals surface area contributed by atoms with Gasteiger partial charge in [0.05, 0.1) is 10.6 Å². The molecule has 1 saturated heterocycles. The van der Waals surface area contributed by atoms with Crippen LogP contribution in [0.4, 0.5) is 0 Å². The number of amides is 2. The number of halogens is 2. The summed E-state index contributed by atoms with van der Waals surface area (Å²) in [6.45, 7) is 0. The highest BCUT2D eigenvalue weighted by atomic mass is 127. The average molecular weight is 380 g/mol. The Labute approximate surface area is 121 Å². The maximum absolute atomic E-state index is 11.7. The van der Waals surface area contributed by atoms with Gasteiger partial charge in [-0.1, -0.05) is 11.6 Å². The van der Waals surface area contributed by atoms with Gasteiger partial charge in [0, 0.05) is 16.4 Å². The molecule has 94 valence electrons. The molecule has 0 atom stereocenters. The molecule has 1 aliphatic heterocycles. The number of carbonyl (C=O) groups excluding carboxylic acids is 3. The van der Waals surface area contributed by atoms with Crippen molar-refractivity contribution >= 4 is 52.0 Å². The standard InChI is InChI=1S/C11H7ClINO4/c12-7-2-1-6(5-8(7)13)11(17)18-14-9(15)3-4-10(14)16/h1-2,5H,3-4H2. The molecular formula is C11H7ClINO4. The van der Waals surface area contributed by atoms with Gasteiger partial charge in [-0.15, -0.1) is 5.06 Å². The van der Waals surface area contributed by atoms with Crippen LogP contribution in [-0.4, -0.2) is 22.8 Å². The Hall–Kier alpha value is -1.15. The molecule has 0 aliphatic carbocycles. The van der Waals surface area contributed by atoms with E-state index in [0.717, 1.165) is 0 Å². The van der Waals surface area contributed by atoms with Crippen LogP contribution < -0.4 is 0 Å². The van der Waals surface area contributed by atoms with Crippen LogP contribution in [0.2, 0.25) is 5.02 Å². The molecule has 0 radical (unpaired) electrons. The Kier molecular flexibility index (Phi) is 3.86. The van der Waals surface area contributed by atoms with Gasteiger partial charge in [-0.2, -0.15) is 0 Å². The molecule has 0 saturated carbocycles. The number of benzene rings is 1. The first-order chi connectivity index (χ1) is 8.49. The van der Waals surface area contributed by atoms with Crippen LogP contribution in [0.25, 0.3) is 0 Å². The Morgan fingerprint density at radius 1 is 1.28 bits per heavy atom. The van der Waals surface area contributed by atoms with Crippen LogP contribution in [-0.2, 0) is 14.4 Å². The third-order valence-electron chi connectivity index (χ3n) is 2.34. The van der Waals surface area contributed by atoms with E-state index in [2.05, 4.69) is 0 Å². The van der Waals surface area contributed by atoms with Crippen molar-refractivity contribution in [3.63, 3.8) is 0 Å². The summed E-state index contributed by atoms with van der Waals surface area (Å²) < 4.78 is 0.683. The van der Waals surface area contributed by atoms with E-state index in [9.17, 15) is 14.4 Å². The molecule has 7 heteroatoms. The molecule has 0 aromatic heterocycles. The summed E-state index contributed by atoms with van der Waals surface area (Å²) in [5, 5.41) is 1.03. The maximum Gasteiger partial charge on any atom is 0.363 e. The van der Waals surface area contributed by atoms with E-state index in [1.54, 1.807) is 6.07 Å². The molecule has 0 unspecified atom stereocenters. The fraction of sp³-hybridized carbons (Fsp3) is 0.182. The summed E-state index contributed by atoms with van der Waals surface area (Å²) in [4.78, 5) is 39.1. The van der Waals surface area contributed by atoms with Gasteiger partial charge in [0.1, 0.15) is 0 Å². The summed E-state index contributed by atoms with van der Waals surface area (Å²) in [5.74, 6) is -1.76. The van der Waals surface area contributed by atoms with E-state index in [0.29, 0.717) is 13.7 Å². The molecule has 18 heavy (non-hydrogen) atoms. The molecular weight excluding hydrogens is 372 g/mol. The molecule has 1 aromatic carbocycles. The van der Waals surface area contributed by atoms with Gasteiger partial charge in [-0.05, 0) is 40.8 Å². The summed E-state index contributed by atoms with van der Waals surface area (Å²) >= 11 is 7.79. The summed E-state index contributed by atoms with van der Waals surface area (Å²) in [6, 6.07) is 4.54. The second-order valence-corrected chi connectivity index (χ2v) is 5.16. The van der Waals surface area contributed by atoms with Crippen LogP contribution >= 0.6 is 34.2 Å². The first-order valence-electron chi connectivity index (χ1n) is 5.02. The number of imide groups is 1. The molecule has 0 spiro atoms. The van der Waals surface area contributed by atoms with Crippen molar-refractivity contribution in [2.75, 3.05) is 0 Å². The van der Waals surface area contributed by atoms with Gasteiger partial charge < -0.3 is 4.84 Å². The molecule has 1 aliphatic rings. The smallest absolute Gasteiger partial charge is 0.325 e. The van der Waals surface area contributed by atoms with E-state index < -0.39 is 17.8 Å². The first-order valence-corrected chi connectivity index (χ1v) is 6.48. The van der Waals surface area contributed by atoms with Crippen LogP contribution in [0.5, 0.6) is 0 Å². The van der Waals surface area contributed by atoms with E-state index in [1.807, 2.05) is 22.6 Å². The topological polar surface area (TPSA) is 63.7 Å². The highest BCUT2D eigenvalue weighted by Crippen LogP contribution is 2.21. The lowest BCUT2D eigenvalue weighted by atomic mass is 10.2. The number of nitrogens with zero attached hydrogens (tertiary/aromatic N) is 1. The predicted octanol–water partition coefficient (Wildman–Crippen LogP) is 2.17. The van der Waals surface area contributed by atoms with Crippen molar-refractivity contribution in [3.8, 4) is 0 Å². The van der Waals surface area contributed by atoms with E-state index in [1.165, 1.54) is 12.1 Å². The van der Waals surface area contributed by atoms with Gasteiger partial charge in [-0.25, -0.2) is 4.79 Å². The number of carbonyl (C=O) groups is 3. The molecule has 1 heterocycles. The van der Waals surface area contributed by atoms with Crippen LogP contribution in [0.15, 0.2) is 18.2 Å². The molecule has 2 rings (SSSR count). The third kappa shape index (κ3) is 2.64. The normalized spacial score (nSPS) is 15.1. The Morgan fingerprint density at radius 3 is 2.44 bits per heavy atom. The maximum atomic E-state index is 11.7. The average Bonchev–Trinajstić information content (AvgIpc) is 2.64. The van der Waals surface area contributed by atoms with E-state index >= 15 is 0 Å². The van der Waals surface area contributed by atoms with Crippen molar-refractivity contribution in [1.29, 1.82) is 0 Å². The number of rotatable bonds is 2. The zero-order valence-electron chi connectivity index (χ0n) is 8.98. The lowest BCUT2D eigenvalue weighted by molar-refractivity contribution is -0.172. The second kappa shape index (κ2) is 5.23. The van der Waals surface area contributed by atoms with Gasteiger partial charge in [-0.3, -0.25) is 9.59 Å². The fourth-order valence-electron chi connectivity index (χ4n) is 1.42. The zero-order chi connectivity index (χ0) is 13.3. The minimum atomic E-state index is -0.756. The van der Waals surface area contributed by atoms with Crippen molar-refractivity contribution in [2.45, 2.75) is 12.8 Å². The van der Waals surface area contributed by atoms with Crippen molar-refractivity contribution < 1.29 is 19.2 Å². The summed E-state index contributed by atoms with van der Waals surface area (Å²) in [7, 11) is 0. The minimum Gasteiger partial charge on any atom is -0.325 e. The monoisotopic (exact) mass is 379 g/mol. The predicted molar refractivity (Wildman–Crippen MR) is 70.7 cm³/mol. The molecule has 0 bridgehead atoms. The Balaban J connectivity index is 2.14. The minimum absolute atomic E-state index is 0.0737. The van der Waals surface area contributed by atoms with Crippen molar-refractivity contribution in [2.24, 2.45) is 0 Å². The second-order valence-electron chi connectivity index (χ2n) is 3.59. The van der Waals surface area contributed by atoms with E-state index in [4.69, 9.17) is 16.4 Å². The zero-order valence-corrected chi connectivity index (χ0v) is 11.9. The molecule has 2 amide bonds. The van der Waals surface area contributed by atoms with Crippen molar-refractivity contribution in [3.05, 3.63) is 32.4 Å². The molecule has 1 fully saturated rings. The van der Waals surface area contributed by atoms with Gasteiger partial charge >= 0.3 is 5.97 Å². The van der Waals surface area contributed by atoms with Gasteiger partial charge in [0.2, 0.25) is 0 Å². The van der Waals surface area contributed by atoms with Crippen LogP contribution in [0.1, 0.15) is 23.2 Å².